The number of amidine groups is 1. The molecule has 0 fully saturated rings. The SMILES string of the molecule is Cc1nc(N)ccc1-c1ccc(C(F)(F)F)c(S(N)(=O)=O)c1C1=NCN=N1. The van der Waals surface area contributed by atoms with Crippen molar-refractivity contribution in [1.29, 1.82) is 0 Å². The summed E-state index contributed by atoms with van der Waals surface area (Å²) < 4.78 is 64.6. The summed E-state index contributed by atoms with van der Waals surface area (Å²) >= 11 is 0. The molecule has 0 saturated carbocycles. The summed E-state index contributed by atoms with van der Waals surface area (Å²) in [6.45, 7) is 1.45. The highest BCUT2D eigenvalue weighted by Gasteiger charge is 2.40. The van der Waals surface area contributed by atoms with Gasteiger partial charge in [0.05, 0.1) is 5.56 Å². The summed E-state index contributed by atoms with van der Waals surface area (Å²) in [6.07, 6.45) is -4.96. The van der Waals surface area contributed by atoms with Crippen LogP contribution in [0, 0.1) is 6.92 Å². The molecular formula is C15H13F3N6O2S. The molecule has 0 atom stereocenters. The number of aliphatic imine (C=N–C) groups is 1. The monoisotopic (exact) mass is 398 g/mol. The zero-order valence-corrected chi connectivity index (χ0v) is 14.6. The smallest absolute Gasteiger partial charge is 0.384 e. The first-order valence-electron chi connectivity index (χ1n) is 7.43. The lowest BCUT2D eigenvalue weighted by Crippen LogP contribution is -2.23. The Kier molecular flexibility index (Phi) is 4.48. The number of rotatable bonds is 3. The van der Waals surface area contributed by atoms with E-state index >= 15 is 0 Å². The number of benzene rings is 1. The van der Waals surface area contributed by atoms with Gasteiger partial charge in [0.15, 0.2) is 12.5 Å². The minimum absolute atomic E-state index is 0.122. The van der Waals surface area contributed by atoms with E-state index in [1.54, 1.807) is 6.92 Å². The average molecular weight is 398 g/mol. The van der Waals surface area contributed by atoms with Crippen LogP contribution < -0.4 is 10.9 Å². The van der Waals surface area contributed by atoms with Gasteiger partial charge in [0, 0.05) is 16.8 Å². The van der Waals surface area contributed by atoms with Crippen molar-refractivity contribution < 1.29 is 21.6 Å². The predicted octanol–water partition coefficient (Wildman–Crippen LogP) is 2.48. The Morgan fingerprint density at radius 3 is 2.30 bits per heavy atom. The molecule has 4 N–H and O–H groups in total. The standard InChI is InChI=1S/C15H13F3N6O2S/c1-7-8(3-5-11(19)23-7)9-2-4-10(15(16,17)18)13(27(20,25)26)12(9)14-21-6-22-24-14/h2-5H,6H2,1H3,(H2,19,23)(H2,20,25,26). The second-order valence-corrected chi connectivity index (χ2v) is 7.14. The molecule has 1 aromatic heterocycles. The van der Waals surface area contributed by atoms with E-state index in [1.807, 2.05) is 0 Å². The first kappa shape index (κ1) is 18.9. The summed E-state index contributed by atoms with van der Waals surface area (Å²) in [5, 5.41) is 12.4. The van der Waals surface area contributed by atoms with Crippen LogP contribution in [0.4, 0.5) is 19.0 Å². The number of alkyl halides is 3. The Morgan fingerprint density at radius 2 is 1.78 bits per heavy atom. The predicted molar refractivity (Wildman–Crippen MR) is 91.5 cm³/mol. The van der Waals surface area contributed by atoms with Gasteiger partial charge in [-0.15, -0.1) is 5.11 Å². The fourth-order valence-corrected chi connectivity index (χ4v) is 3.75. The maximum atomic E-state index is 13.5. The summed E-state index contributed by atoms with van der Waals surface area (Å²) in [5.41, 5.74) is 4.70. The minimum Gasteiger partial charge on any atom is -0.384 e. The van der Waals surface area contributed by atoms with Gasteiger partial charge in [0.25, 0.3) is 0 Å². The molecule has 0 spiro atoms. The quantitative estimate of drug-likeness (QED) is 0.820. The maximum Gasteiger partial charge on any atom is 0.417 e. The van der Waals surface area contributed by atoms with Crippen LogP contribution in [0.1, 0.15) is 16.8 Å². The number of hydrogen-bond acceptors (Lipinski definition) is 7. The molecule has 27 heavy (non-hydrogen) atoms. The van der Waals surface area contributed by atoms with Gasteiger partial charge in [-0.05, 0) is 30.7 Å². The number of pyridine rings is 1. The molecule has 0 bridgehead atoms. The molecule has 1 aromatic carbocycles. The zero-order valence-electron chi connectivity index (χ0n) is 13.8. The number of nitrogen functional groups attached to an aromatic ring is 1. The summed E-state index contributed by atoms with van der Waals surface area (Å²) in [7, 11) is -4.78. The van der Waals surface area contributed by atoms with E-state index in [1.165, 1.54) is 12.1 Å². The van der Waals surface area contributed by atoms with Gasteiger partial charge in [-0.25, -0.2) is 23.5 Å². The number of hydrogen-bond donors (Lipinski definition) is 2. The van der Waals surface area contributed by atoms with E-state index in [9.17, 15) is 21.6 Å². The molecule has 0 saturated heterocycles. The van der Waals surface area contributed by atoms with Crippen molar-refractivity contribution in [2.24, 2.45) is 20.4 Å². The number of aryl methyl sites for hydroxylation is 1. The van der Waals surface area contributed by atoms with Crippen LogP contribution in [0.25, 0.3) is 11.1 Å². The molecule has 0 aliphatic carbocycles. The molecule has 0 amide bonds. The second-order valence-electron chi connectivity index (χ2n) is 5.64. The van der Waals surface area contributed by atoms with Crippen LogP contribution in [0.15, 0.2) is 44.4 Å². The van der Waals surface area contributed by atoms with Crippen molar-refractivity contribution in [3.8, 4) is 11.1 Å². The normalized spacial score (nSPS) is 14.5. The highest BCUT2D eigenvalue weighted by molar-refractivity contribution is 7.89. The Morgan fingerprint density at radius 1 is 1.11 bits per heavy atom. The fraction of sp³-hybridized carbons (Fsp3) is 0.200. The van der Waals surface area contributed by atoms with Crippen LogP contribution in [0.2, 0.25) is 0 Å². The van der Waals surface area contributed by atoms with Crippen molar-refractivity contribution in [1.82, 2.24) is 4.98 Å². The Bertz CT molecular complexity index is 1090. The minimum atomic E-state index is -4.96. The lowest BCUT2D eigenvalue weighted by atomic mass is 9.95. The van der Waals surface area contributed by atoms with Gasteiger partial charge in [-0.3, -0.25) is 0 Å². The molecule has 0 unspecified atom stereocenters. The summed E-state index contributed by atoms with van der Waals surface area (Å²) in [4.78, 5) is 6.84. The van der Waals surface area contributed by atoms with Crippen molar-refractivity contribution in [3.05, 3.63) is 41.1 Å². The number of anilines is 1. The molecule has 2 heterocycles. The highest BCUT2D eigenvalue weighted by atomic mass is 32.2. The molecule has 0 radical (unpaired) electrons. The van der Waals surface area contributed by atoms with E-state index in [0.29, 0.717) is 17.3 Å². The molecule has 1 aliphatic heterocycles. The Hall–Kier alpha value is -2.86. The largest absolute Gasteiger partial charge is 0.417 e. The van der Waals surface area contributed by atoms with Crippen LogP contribution in [-0.2, 0) is 16.2 Å². The van der Waals surface area contributed by atoms with Crippen molar-refractivity contribution >= 4 is 21.7 Å². The van der Waals surface area contributed by atoms with Gasteiger partial charge in [0.1, 0.15) is 10.7 Å². The van der Waals surface area contributed by atoms with Gasteiger partial charge in [-0.2, -0.15) is 18.3 Å². The fourth-order valence-electron chi connectivity index (χ4n) is 2.77. The van der Waals surface area contributed by atoms with Crippen molar-refractivity contribution in [2.75, 3.05) is 12.4 Å². The summed E-state index contributed by atoms with van der Waals surface area (Å²) in [5.74, 6) is -0.0503. The maximum absolute atomic E-state index is 13.5. The zero-order chi connectivity index (χ0) is 20.0. The van der Waals surface area contributed by atoms with Gasteiger partial charge >= 0.3 is 6.18 Å². The molecule has 8 nitrogen and oxygen atoms in total. The van der Waals surface area contributed by atoms with Crippen LogP contribution in [0.5, 0.6) is 0 Å². The number of nitrogens with zero attached hydrogens (tertiary/aromatic N) is 4. The third kappa shape index (κ3) is 3.53. The molecule has 2 aromatic rings. The number of sulfonamides is 1. The molecule has 1 aliphatic rings. The number of halogens is 3. The summed E-state index contributed by atoms with van der Waals surface area (Å²) in [6, 6.07) is 4.74. The lowest BCUT2D eigenvalue weighted by molar-refractivity contribution is -0.139. The first-order chi connectivity index (χ1) is 12.5. The second kappa shape index (κ2) is 6.39. The third-order valence-corrected chi connectivity index (χ3v) is 4.81. The van der Waals surface area contributed by atoms with E-state index in [0.717, 1.165) is 6.07 Å². The number of primary sulfonamides is 1. The van der Waals surface area contributed by atoms with E-state index < -0.39 is 26.7 Å². The third-order valence-electron chi connectivity index (χ3n) is 3.82. The number of azo groups is 1. The molecular weight excluding hydrogens is 385 g/mol. The van der Waals surface area contributed by atoms with Crippen molar-refractivity contribution in [3.63, 3.8) is 0 Å². The highest BCUT2D eigenvalue weighted by Crippen LogP contribution is 2.40. The van der Waals surface area contributed by atoms with Gasteiger partial charge in [-0.1, -0.05) is 6.07 Å². The van der Waals surface area contributed by atoms with Crippen LogP contribution in [0.3, 0.4) is 0 Å². The topological polar surface area (TPSA) is 136 Å². The van der Waals surface area contributed by atoms with E-state index in [2.05, 4.69) is 20.2 Å². The number of nitrogens with two attached hydrogens (primary N) is 2. The average Bonchev–Trinajstić information content (AvgIpc) is 3.06. The van der Waals surface area contributed by atoms with Crippen LogP contribution >= 0.6 is 0 Å². The van der Waals surface area contributed by atoms with E-state index in [-0.39, 0.29) is 29.4 Å². The first-order valence-corrected chi connectivity index (χ1v) is 8.97. The lowest BCUT2D eigenvalue weighted by Gasteiger charge is -2.18. The van der Waals surface area contributed by atoms with Gasteiger partial charge < -0.3 is 5.73 Å². The van der Waals surface area contributed by atoms with Gasteiger partial charge in [0.2, 0.25) is 10.0 Å². The Labute approximate surface area is 151 Å². The van der Waals surface area contributed by atoms with Crippen LogP contribution in [-0.4, -0.2) is 25.9 Å². The number of aromatic nitrogens is 1. The van der Waals surface area contributed by atoms with E-state index in [4.69, 9.17) is 10.9 Å². The Balaban J connectivity index is 2.48. The molecule has 12 heteroatoms. The molecule has 142 valence electrons. The van der Waals surface area contributed by atoms with Crippen molar-refractivity contribution in [2.45, 2.75) is 18.0 Å². The molecule has 3 rings (SSSR count).